The maximum atomic E-state index is 12.3. The molecule has 0 aliphatic rings. The fourth-order valence-corrected chi connectivity index (χ4v) is 2.93. The summed E-state index contributed by atoms with van der Waals surface area (Å²) in [6.07, 6.45) is -0.734. The molecule has 0 fully saturated rings. The SMILES string of the molecule is Cc1ccc(S(=O)(=O)N(C)C[C@@H](O)CNC(C)C)cc1. The van der Waals surface area contributed by atoms with Crippen molar-refractivity contribution in [3.05, 3.63) is 29.8 Å². The first kappa shape index (κ1) is 17.1. The van der Waals surface area contributed by atoms with Gasteiger partial charge in [0.1, 0.15) is 0 Å². The molecule has 0 aromatic heterocycles. The minimum Gasteiger partial charge on any atom is -0.390 e. The summed E-state index contributed by atoms with van der Waals surface area (Å²) >= 11 is 0. The lowest BCUT2D eigenvalue weighted by molar-refractivity contribution is 0.148. The molecule has 2 N–H and O–H groups in total. The van der Waals surface area contributed by atoms with E-state index in [1.807, 2.05) is 20.8 Å². The smallest absolute Gasteiger partial charge is 0.242 e. The van der Waals surface area contributed by atoms with Crippen LogP contribution in [0.4, 0.5) is 0 Å². The van der Waals surface area contributed by atoms with Crippen LogP contribution in [0.2, 0.25) is 0 Å². The van der Waals surface area contributed by atoms with E-state index in [0.717, 1.165) is 5.56 Å². The van der Waals surface area contributed by atoms with Gasteiger partial charge in [0.15, 0.2) is 0 Å². The van der Waals surface area contributed by atoms with E-state index < -0.39 is 16.1 Å². The van der Waals surface area contributed by atoms with Crippen LogP contribution in [0.1, 0.15) is 19.4 Å². The van der Waals surface area contributed by atoms with Crippen LogP contribution >= 0.6 is 0 Å². The lowest BCUT2D eigenvalue weighted by Gasteiger charge is -2.21. The Bertz CT molecular complexity index is 512. The van der Waals surface area contributed by atoms with Gasteiger partial charge in [0.2, 0.25) is 10.0 Å². The van der Waals surface area contributed by atoms with Gasteiger partial charge in [-0.25, -0.2) is 8.42 Å². The molecule has 114 valence electrons. The Hall–Kier alpha value is -0.950. The van der Waals surface area contributed by atoms with Crippen LogP contribution in [0.3, 0.4) is 0 Å². The zero-order valence-electron chi connectivity index (χ0n) is 12.5. The number of sulfonamides is 1. The molecule has 1 aromatic carbocycles. The van der Waals surface area contributed by atoms with Gasteiger partial charge >= 0.3 is 0 Å². The molecule has 0 unspecified atom stereocenters. The highest BCUT2D eigenvalue weighted by atomic mass is 32.2. The second kappa shape index (κ2) is 7.17. The number of nitrogens with zero attached hydrogens (tertiary/aromatic N) is 1. The topological polar surface area (TPSA) is 69.6 Å². The molecular weight excluding hydrogens is 276 g/mol. The van der Waals surface area contributed by atoms with E-state index in [0.29, 0.717) is 6.54 Å². The summed E-state index contributed by atoms with van der Waals surface area (Å²) < 4.78 is 25.8. The molecular formula is C14H24N2O3S. The van der Waals surface area contributed by atoms with Crippen molar-refractivity contribution in [2.45, 2.75) is 37.8 Å². The van der Waals surface area contributed by atoms with E-state index in [-0.39, 0.29) is 17.5 Å². The quantitative estimate of drug-likeness (QED) is 0.787. The lowest BCUT2D eigenvalue weighted by atomic mass is 10.2. The average Bonchev–Trinajstić information content (AvgIpc) is 2.36. The predicted octanol–water partition coefficient (Wildman–Crippen LogP) is 0.974. The molecule has 0 saturated heterocycles. The number of aliphatic hydroxyl groups is 1. The van der Waals surface area contributed by atoms with Gasteiger partial charge in [-0.2, -0.15) is 4.31 Å². The van der Waals surface area contributed by atoms with Gasteiger partial charge in [0.05, 0.1) is 11.0 Å². The molecule has 0 heterocycles. The first-order valence-corrected chi connectivity index (χ1v) is 8.12. The maximum Gasteiger partial charge on any atom is 0.242 e. The highest BCUT2D eigenvalue weighted by Gasteiger charge is 2.22. The zero-order valence-corrected chi connectivity index (χ0v) is 13.3. The van der Waals surface area contributed by atoms with Crippen LogP contribution in [0, 0.1) is 6.92 Å². The van der Waals surface area contributed by atoms with E-state index in [9.17, 15) is 13.5 Å². The number of aryl methyl sites for hydroxylation is 1. The third-order valence-corrected chi connectivity index (χ3v) is 4.80. The van der Waals surface area contributed by atoms with Gasteiger partial charge in [-0.1, -0.05) is 31.5 Å². The van der Waals surface area contributed by atoms with Crippen molar-refractivity contribution < 1.29 is 13.5 Å². The zero-order chi connectivity index (χ0) is 15.3. The monoisotopic (exact) mass is 300 g/mol. The molecule has 0 amide bonds. The van der Waals surface area contributed by atoms with Crippen molar-refractivity contribution in [3.8, 4) is 0 Å². The van der Waals surface area contributed by atoms with Crippen LogP contribution in [0.25, 0.3) is 0 Å². The van der Waals surface area contributed by atoms with Crippen LogP contribution in [0.5, 0.6) is 0 Å². The molecule has 1 atom stereocenters. The first-order chi connectivity index (χ1) is 9.23. The largest absolute Gasteiger partial charge is 0.390 e. The summed E-state index contributed by atoms with van der Waals surface area (Å²) in [5, 5.41) is 12.9. The standard InChI is InChI=1S/C14H24N2O3S/c1-11(2)15-9-13(17)10-16(4)20(18,19)14-7-5-12(3)6-8-14/h5-8,11,13,15,17H,9-10H2,1-4H3/t13-/m0/s1. The lowest BCUT2D eigenvalue weighted by Crippen LogP contribution is -2.40. The Morgan fingerprint density at radius 1 is 1.25 bits per heavy atom. The Labute approximate surface area is 121 Å². The highest BCUT2D eigenvalue weighted by molar-refractivity contribution is 7.89. The van der Waals surface area contributed by atoms with Crippen molar-refractivity contribution in [3.63, 3.8) is 0 Å². The summed E-state index contributed by atoms with van der Waals surface area (Å²) in [6.45, 7) is 6.28. The number of hydrogen-bond donors (Lipinski definition) is 2. The van der Waals surface area contributed by atoms with Crippen LogP contribution in [-0.2, 0) is 10.0 Å². The van der Waals surface area contributed by atoms with E-state index in [2.05, 4.69) is 5.32 Å². The Morgan fingerprint density at radius 2 is 1.80 bits per heavy atom. The number of benzene rings is 1. The Balaban J connectivity index is 2.70. The third-order valence-electron chi connectivity index (χ3n) is 2.96. The van der Waals surface area contributed by atoms with Crippen molar-refractivity contribution in [1.82, 2.24) is 9.62 Å². The van der Waals surface area contributed by atoms with Crippen LogP contribution in [-0.4, -0.2) is 50.1 Å². The number of hydrogen-bond acceptors (Lipinski definition) is 4. The Kier molecular flexibility index (Phi) is 6.13. The summed E-state index contributed by atoms with van der Waals surface area (Å²) in [6, 6.07) is 6.94. The third kappa shape index (κ3) is 4.86. The van der Waals surface area contributed by atoms with Crippen molar-refractivity contribution in [1.29, 1.82) is 0 Å². The van der Waals surface area contributed by atoms with Crippen LogP contribution < -0.4 is 5.32 Å². The van der Waals surface area contributed by atoms with Crippen molar-refractivity contribution >= 4 is 10.0 Å². The second-order valence-electron chi connectivity index (χ2n) is 5.32. The number of aliphatic hydroxyl groups excluding tert-OH is 1. The molecule has 1 rings (SSSR count). The molecule has 5 nitrogen and oxygen atoms in total. The minimum atomic E-state index is -3.54. The first-order valence-electron chi connectivity index (χ1n) is 6.68. The number of rotatable bonds is 7. The maximum absolute atomic E-state index is 12.3. The van der Waals surface area contributed by atoms with Crippen LogP contribution in [0.15, 0.2) is 29.2 Å². The van der Waals surface area contributed by atoms with Crippen molar-refractivity contribution in [2.24, 2.45) is 0 Å². The molecule has 1 aromatic rings. The van der Waals surface area contributed by atoms with E-state index in [4.69, 9.17) is 0 Å². The molecule has 20 heavy (non-hydrogen) atoms. The fraction of sp³-hybridized carbons (Fsp3) is 0.571. The van der Waals surface area contributed by atoms with Gasteiger partial charge in [0.25, 0.3) is 0 Å². The van der Waals surface area contributed by atoms with Gasteiger partial charge in [-0.05, 0) is 19.1 Å². The van der Waals surface area contributed by atoms with E-state index >= 15 is 0 Å². The van der Waals surface area contributed by atoms with Gasteiger partial charge < -0.3 is 10.4 Å². The normalized spacial score (nSPS) is 13.9. The summed E-state index contributed by atoms with van der Waals surface area (Å²) in [7, 11) is -2.06. The fourth-order valence-electron chi connectivity index (χ4n) is 1.72. The average molecular weight is 300 g/mol. The van der Waals surface area contributed by atoms with Crippen molar-refractivity contribution in [2.75, 3.05) is 20.1 Å². The predicted molar refractivity (Wildman–Crippen MR) is 80.1 cm³/mol. The van der Waals surface area contributed by atoms with E-state index in [1.54, 1.807) is 24.3 Å². The second-order valence-corrected chi connectivity index (χ2v) is 7.36. The van der Waals surface area contributed by atoms with Gasteiger partial charge in [-0.15, -0.1) is 0 Å². The summed E-state index contributed by atoms with van der Waals surface area (Å²) in [4.78, 5) is 0.245. The molecule has 0 aliphatic carbocycles. The van der Waals surface area contributed by atoms with Gasteiger partial charge in [-0.3, -0.25) is 0 Å². The molecule has 0 radical (unpaired) electrons. The van der Waals surface area contributed by atoms with Gasteiger partial charge in [0, 0.05) is 26.2 Å². The summed E-state index contributed by atoms with van der Waals surface area (Å²) in [5.74, 6) is 0. The Morgan fingerprint density at radius 3 is 2.30 bits per heavy atom. The summed E-state index contributed by atoms with van der Waals surface area (Å²) in [5.41, 5.74) is 1.01. The molecule has 0 spiro atoms. The number of likely N-dealkylation sites (N-methyl/N-ethyl adjacent to an activating group) is 1. The highest BCUT2D eigenvalue weighted by Crippen LogP contribution is 2.15. The molecule has 0 saturated carbocycles. The van der Waals surface area contributed by atoms with E-state index in [1.165, 1.54) is 11.4 Å². The molecule has 6 heteroatoms. The molecule has 0 aliphatic heterocycles. The minimum absolute atomic E-state index is 0.0654. The number of nitrogens with one attached hydrogen (secondary N) is 1. The molecule has 0 bridgehead atoms.